The number of carbonyl (C=O) groups excluding carboxylic acids is 2. The first-order valence-corrected chi connectivity index (χ1v) is 28.6. The van der Waals surface area contributed by atoms with Crippen LogP contribution < -0.4 is 5.32 Å². The van der Waals surface area contributed by atoms with Crippen molar-refractivity contribution in [1.82, 2.24) is 5.32 Å². The molecule has 7 unspecified atom stereocenters. The lowest BCUT2D eigenvalue weighted by molar-refractivity contribution is -0.302. The van der Waals surface area contributed by atoms with E-state index in [-0.39, 0.29) is 18.5 Å². The van der Waals surface area contributed by atoms with E-state index in [2.05, 4.69) is 67.8 Å². The molecular weight excluding hydrogens is 883 g/mol. The van der Waals surface area contributed by atoms with Crippen LogP contribution in [0.15, 0.2) is 60.8 Å². The summed E-state index contributed by atoms with van der Waals surface area (Å²) in [6, 6.07) is -0.851. The Morgan fingerprint density at radius 2 is 1.01 bits per heavy atom. The molecule has 6 N–H and O–H groups in total. The van der Waals surface area contributed by atoms with Gasteiger partial charge in [0.1, 0.15) is 24.4 Å². The van der Waals surface area contributed by atoms with E-state index in [0.717, 1.165) is 103 Å². The number of hydrogen-bond donors (Lipinski definition) is 6. The molecule has 0 saturated carbocycles. The average molecular weight is 988 g/mol. The third-order valence-electron chi connectivity index (χ3n) is 13.1. The molecule has 1 aliphatic rings. The number of ether oxygens (including phenoxy) is 3. The van der Waals surface area contributed by atoms with Gasteiger partial charge in [0.2, 0.25) is 5.91 Å². The summed E-state index contributed by atoms with van der Waals surface area (Å²) in [5.74, 6) is -0.262. The van der Waals surface area contributed by atoms with Crippen molar-refractivity contribution in [3.05, 3.63) is 60.8 Å². The third-order valence-corrected chi connectivity index (χ3v) is 13.1. The number of allylic oxidation sites excluding steroid dienone is 9. The van der Waals surface area contributed by atoms with Gasteiger partial charge in [0, 0.05) is 12.8 Å². The standard InChI is InChI=1S/C59H105NO10/c1-3-5-7-9-11-13-15-16-17-18-21-24-27-31-35-39-43-47-55(64)68-48-44-40-36-32-28-25-22-19-20-23-26-30-34-38-42-46-54(63)60-51(50-69-59-58(67)57(66)56(65)53(49-61)70-59)52(62)45-41-37-33-29-14-12-10-8-6-4-2/h6,8,14,19,22,25,28-29,41,45,51-53,56-59,61-62,65-67H,3-5,7,9-13,15-18,20-21,23-24,26-27,30-40,42-44,46-50H2,1-2H3,(H,60,63)/b8-6+,22-19-,28-25-,29-14+,45-41+. The van der Waals surface area contributed by atoms with Gasteiger partial charge in [-0.15, -0.1) is 0 Å². The van der Waals surface area contributed by atoms with Crippen LogP contribution in [0.4, 0.5) is 0 Å². The molecule has 0 aromatic carbocycles. The summed E-state index contributed by atoms with van der Waals surface area (Å²) in [5, 5.41) is 54.1. The van der Waals surface area contributed by atoms with Crippen molar-refractivity contribution in [2.45, 2.75) is 281 Å². The topological polar surface area (TPSA) is 175 Å². The lowest BCUT2D eigenvalue weighted by Gasteiger charge is -2.40. The summed E-state index contributed by atoms with van der Waals surface area (Å²) < 4.78 is 16.6. The average Bonchev–Trinajstić information content (AvgIpc) is 3.36. The molecule has 1 heterocycles. The summed E-state index contributed by atoms with van der Waals surface area (Å²) in [7, 11) is 0. The Morgan fingerprint density at radius 1 is 0.543 bits per heavy atom. The Balaban J connectivity index is 2.11. The summed E-state index contributed by atoms with van der Waals surface area (Å²) in [4.78, 5) is 25.1. The highest BCUT2D eigenvalue weighted by Gasteiger charge is 2.44. The lowest BCUT2D eigenvalue weighted by Crippen LogP contribution is -2.60. The van der Waals surface area contributed by atoms with Gasteiger partial charge in [-0.3, -0.25) is 9.59 Å². The second kappa shape index (κ2) is 48.6. The maximum atomic E-state index is 13.0. The maximum absolute atomic E-state index is 13.0. The number of aliphatic hydroxyl groups is 5. The first kappa shape index (κ1) is 65.4. The molecule has 7 atom stereocenters. The molecule has 0 radical (unpaired) electrons. The van der Waals surface area contributed by atoms with Crippen molar-refractivity contribution < 1.29 is 49.3 Å². The second-order valence-corrected chi connectivity index (χ2v) is 19.6. The molecule has 1 amide bonds. The highest BCUT2D eigenvalue weighted by Crippen LogP contribution is 2.23. The summed E-state index contributed by atoms with van der Waals surface area (Å²) in [6.45, 7) is 4.12. The minimum Gasteiger partial charge on any atom is -0.466 e. The number of esters is 1. The van der Waals surface area contributed by atoms with Crippen LogP contribution in [-0.2, 0) is 23.8 Å². The molecule has 70 heavy (non-hydrogen) atoms. The molecule has 11 nitrogen and oxygen atoms in total. The molecule has 1 rings (SSSR count). The van der Waals surface area contributed by atoms with Gasteiger partial charge < -0.3 is 45.1 Å². The lowest BCUT2D eigenvalue weighted by atomic mass is 9.99. The zero-order valence-electron chi connectivity index (χ0n) is 44.5. The predicted octanol–water partition coefficient (Wildman–Crippen LogP) is 12.7. The molecule has 1 aliphatic heterocycles. The molecule has 0 aromatic heterocycles. The van der Waals surface area contributed by atoms with Gasteiger partial charge in [-0.05, 0) is 83.5 Å². The highest BCUT2D eigenvalue weighted by atomic mass is 16.7. The van der Waals surface area contributed by atoms with Crippen molar-refractivity contribution >= 4 is 11.9 Å². The molecule has 1 fully saturated rings. The minimum absolute atomic E-state index is 0.0396. The van der Waals surface area contributed by atoms with Crippen LogP contribution in [0, 0.1) is 0 Å². The number of rotatable bonds is 48. The van der Waals surface area contributed by atoms with Crippen LogP contribution >= 0.6 is 0 Å². The zero-order valence-corrected chi connectivity index (χ0v) is 44.5. The van der Waals surface area contributed by atoms with Crippen molar-refractivity contribution in [1.29, 1.82) is 0 Å². The first-order valence-electron chi connectivity index (χ1n) is 28.6. The molecule has 0 bridgehead atoms. The number of unbranched alkanes of at least 4 members (excludes halogenated alkanes) is 27. The van der Waals surface area contributed by atoms with E-state index in [1.807, 2.05) is 6.08 Å². The molecule has 0 aromatic rings. The van der Waals surface area contributed by atoms with Gasteiger partial charge in [0.15, 0.2) is 6.29 Å². The smallest absolute Gasteiger partial charge is 0.305 e. The van der Waals surface area contributed by atoms with E-state index in [0.29, 0.717) is 32.3 Å². The fourth-order valence-electron chi connectivity index (χ4n) is 8.58. The van der Waals surface area contributed by atoms with Gasteiger partial charge in [-0.2, -0.15) is 0 Å². The van der Waals surface area contributed by atoms with E-state index in [1.54, 1.807) is 6.08 Å². The molecule has 1 saturated heterocycles. The summed E-state index contributed by atoms with van der Waals surface area (Å²) >= 11 is 0. The Labute approximate surface area is 427 Å². The fourth-order valence-corrected chi connectivity index (χ4v) is 8.58. The van der Waals surface area contributed by atoms with Crippen LogP contribution in [0.2, 0.25) is 0 Å². The molecule has 0 spiro atoms. The Kier molecular flexibility index (Phi) is 45.4. The molecular formula is C59H105NO10. The Hall–Kier alpha value is -2.64. The van der Waals surface area contributed by atoms with Crippen molar-refractivity contribution in [2.75, 3.05) is 19.8 Å². The summed E-state index contributed by atoms with van der Waals surface area (Å²) in [6.07, 6.45) is 51.9. The number of aliphatic hydroxyl groups excluding tert-OH is 5. The predicted molar refractivity (Wildman–Crippen MR) is 287 cm³/mol. The minimum atomic E-state index is -1.59. The normalized spacial score (nSPS) is 19.7. The third kappa shape index (κ3) is 38.0. The van der Waals surface area contributed by atoms with Gasteiger partial charge >= 0.3 is 5.97 Å². The van der Waals surface area contributed by atoms with E-state index in [1.165, 1.54) is 96.3 Å². The van der Waals surface area contributed by atoms with Gasteiger partial charge in [-0.1, -0.05) is 203 Å². The highest BCUT2D eigenvalue weighted by molar-refractivity contribution is 5.76. The van der Waals surface area contributed by atoms with Gasteiger partial charge in [0.05, 0.1) is 32.0 Å². The zero-order chi connectivity index (χ0) is 51.0. The molecule has 11 heteroatoms. The number of carbonyl (C=O) groups is 2. The summed E-state index contributed by atoms with van der Waals surface area (Å²) in [5.41, 5.74) is 0. The number of amides is 1. The maximum Gasteiger partial charge on any atom is 0.305 e. The second-order valence-electron chi connectivity index (χ2n) is 19.6. The van der Waals surface area contributed by atoms with E-state index in [9.17, 15) is 35.1 Å². The van der Waals surface area contributed by atoms with Crippen LogP contribution in [0.3, 0.4) is 0 Å². The fraction of sp³-hybridized carbons (Fsp3) is 0.797. The Bertz CT molecular complexity index is 1350. The quantitative estimate of drug-likeness (QED) is 0.0149. The SMILES string of the molecule is CC/C=C/CC/C=C/CC/C=C/C(O)C(COC1OC(CO)C(O)C(O)C1O)NC(=O)CCCCCCCC/C=C\C=C/CCCCCOC(=O)CCCCCCCCCCCCCCCCCCC. The van der Waals surface area contributed by atoms with Crippen molar-refractivity contribution in [3.63, 3.8) is 0 Å². The van der Waals surface area contributed by atoms with Crippen LogP contribution in [0.5, 0.6) is 0 Å². The first-order chi connectivity index (χ1) is 34.2. The Morgan fingerprint density at radius 3 is 1.54 bits per heavy atom. The van der Waals surface area contributed by atoms with Crippen LogP contribution in [0.1, 0.15) is 239 Å². The van der Waals surface area contributed by atoms with Crippen LogP contribution in [0.25, 0.3) is 0 Å². The van der Waals surface area contributed by atoms with Gasteiger partial charge in [0.25, 0.3) is 0 Å². The largest absolute Gasteiger partial charge is 0.466 e. The number of hydrogen-bond acceptors (Lipinski definition) is 10. The van der Waals surface area contributed by atoms with Gasteiger partial charge in [-0.25, -0.2) is 0 Å². The number of nitrogens with one attached hydrogen (secondary N) is 1. The van der Waals surface area contributed by atoms with Crippen molar-refractivity contribution in [3.8, 4) is 0 Å². The van der Waals surface area contributed by atoms with E-state index in [4.69, 9.17) is 14.2 Å². The van der Waals surface area contributed by atoms with E-state index < -0.39 is 49.5 Å². The van der Waals surface area contributed by atoms with Crippen LogP contribution in [-0.4, -0.2) is 100 Å². The molecule has 406 valence electrons. The molecule has 0 aliphatic carbocycles. The van der Waals surface area contributed by atoms with E-state index >= 15 is 0 Å². The van der Waals surface area contributed by atoms with Crippen molar-refractivity contribution in [2.24, 2.45) is 0 Å². The monoisotopic (exact) mass is 988 g/mol.